The molecule has 0 aromatic heterocycles. The van der Waals surface area contributed by atoms with Crippen LogP contribution in [0.5, 0.6) is 0 Å². The van der Waals surface area contributed by atoms with E-state index >= 15 is 0 Å². The molecular formula is C15H18N2O6. The van der Waals surface area contributed by atoms with E-state index in [1.165, 1.54) is 4.90 Å². The van der Waals surface area contributed by atoms with Crippen LogP contribution in [-0.2, 0) is 23.9 Å². The molecule has 2 bridgehead atoms. The van der Waals surface area contributed by atoms with Crippen LogP contribution in [0.2, 0.25) is 0 Å². The van der Waals surface area contributed by atoms with Crippen molar-refractivity contribution in [2.75, 3.05) is 13.1 Å². The number of carbonyl (C=O) groups excluding carboxylic acids is 3. The van der Waals surface area contributed by atoms with E-state index in [-0.39, 0.29) is 30.6 Å². The highest BCUT2D eigenvalue weighted by Gasteiger charge is 2.62. The van der Waals surface area contributed by atoms with E-state index in [1.54, 1.807) is 0 Å². The number of aliphatic carboxylic acids is 1. The van der Waals surface area contributed by atoms with Gasteiger partial charge in [0.25, 0.3) is 0 Å². The van der Waals surface area contributed by atoms with Gasteiger partial charge in [0.2, 0.25) is 17.7 Å². The molecule has 4 fully saturated rings. The molecule has 5 unspecified atom stereocenters. The van der Waals surface area contributed by atoms with Crippen LogP contribution >= 0.6 is 0 Å². The molecule has 4 aliphatic rings. The Morgan fingerprint density at radius 3 is 2.26 bits per heavy atom. The lowest BCUT2D eigenvalue weighted by Crippen LogP contribution is -2.47. The normalized spacial score (nSPS) is 38.5. The van der Waals surface area contributed by atoms with Crippen molar-refractivity contribution >= 4 is 23.7 Å². The maximum absolute atomic E-state index is 12.5. The number of ether oxygens (including phenoxy) is 1. The molecule has 0 aromatic carbocycles. The summed E-state index contributed by atoms with van der Waals surface area (Å²) in [5, 5.41) is 9.15. The zero-order valence-corrected chi connectivity index (χ0v) is 12.5. The van der Waals surface area contributed by atoms with Crippen LogP contribution in [0.25, 0.3) is 0 Å². The third-order valence-electron chi connectivity index (χ3n) is 5.53. The fourth-order valence-corrected chi connectivity index (χ4v) is 4.48. The first-order valence-corrected chi connectivity index (χ1v) is 8.02. The van der Waals surface area contributed by atoms with E-state index in [4.69, 9.17) is 9.84 Å². The van der Waals surface area contributed by atoms with Crippen LogP contribution in [0.4, 0.5) is 0 Å². The number of fused-ring (bicyclic) bond motifs is 5. The highest BCUT2D eigenvalue weighted by atomic mass is 16.5. The van der Waals surface area contributed by atoms with Crippen LogP contribution in [0.3, 0.4) is 0 Å². The second kappa shape index (κ2) is 5.02. The van der Waals surface area contributed by atoms with Crippen molar-refractivity contribution in [1.82, 2.24) is 9.80 Å². The number of rotatable bonds is 3. The monoisotopic (exact) mass is 322 g/mol. The van der Waals surface area contributed by atoms with Crippen molar-refractivity contribution in [1.29, 1.82) is 0 Å². The smallest absolute Gasteiger partial charge is 0.326 e. The minimum atomic E-state index is -1.04. The SMILES string of the molecule is O=C(O)C1CCCN1C(=O)CN1C(=O)C2C3CCC(O3)C2C1=O. The summed E-state index contributed by atoms with van der Waals surface area (Å²) >= 11 is 0. The molecule has 23 heavy (non-hydrogen) atoms. The number of imide groups is 1. The molecule has 0 radical (unpaired) electrons. The average molecular weight is 322 g/mol. The number of carboxylic acids is 1. The fraction of sp³-hybridized carbons (Fsp3) is 0.733. The molecule has 0 aliphatic carbocycles. The molecule has 124 valence electrons. The minimum Gasteiger partial charge on any atom is -0.480 e. The maximum Gasteiger partial charge on any atom is 0.326 e. The zero-order valence-electron chi connectivity index (χ0n) is 12.5. The quantitative estimate of drug-likeness (QED) is 0.684. The van der Waals surface area contributed by atoms with Gasteiger partial charge in [0.1, 0.15) is 12.6 Å². The van der Waals surface area contributed by atoms with Gasteiger partial charge in [-0.25, -0.2) is 4.79 Å². The summed E-state index contributed by atoms with van der Waals surface area (Å²) in [5.41, 5.74) is 0. The Kier molecular flexibility index (Phi) is 3.19. The van der Waals surface area contributed by atoms with Crippen LogP contribution in [0.15, 0.2) is 0 Å². The number of nitrogens with zero attached hydrogens (tertiary/aromatic N) is 2. The van der Waals surface area contributed by atoms with Crippen LogP contribution in [0.1, 0.15) is 25.7 Å². The van der Waals surface area contributed by atoms with E-state index in [1.807, 2.05) is 0 Å². The topological polar surface area (TPSA) is 104 Å². The molecule has 0 saturated carbocycles. The molecule has 0 spiro atoms. The van der Waals surface area contributed by atoms with Gasteiger partial charge in [-0.15, -0.1) is 0 Å². The van der Waals surface area contributed by atoms with Crippen molar-refractivity contribution in [3.8, 4) is 0 Å². The lowest BCUT2D eigenvalue weighted by atomic mass is 9.81. The number of hydrogen-bond donors (Lipinski definition) is 1. The Bertz CT molecular complexity index is 577. The molecule has 4 aliphatic heterocycles. The largest absolute Gasteiger partial charge is 0.480 e. The van der Waals surface area contributed by atoms with Gasteiger partial charge in [-0.05, 0) is 25.7 Å². The minimum absolute atomic E-state index is 0.208. The Hall–Kier alpha value is -1.96. The standard InChI is InChI=1S/C15H18N2O6/c18-10(16-5-1-2-7(16)15(21)22)6-17-13(19)11-8-3-4-9(23-8)12(11)14(17)20/h7-9,11-12H,1-6H2,(H,21,22). The van der Waals surface area contributed by atoms with Crippen molar-refractivity contribution in [3.63, 3.8) is 0 Å². The molecule has 4 saturated heterocycles. The maximum atomic E-state index is 12.5. The fourth-order valence-electron chi connectivity index (χ4n) is 4.48. The van der Waals surface area contributed by atoms with Gasteiger partial charge in [0.05, 0.1) is 24.0 Å². The van der Waals surface area contributed by atoms with E-state index < -0.39 is 29.8 Å². The summed E-state index contributed by atoms with van der Waals surface area (Å²) in [4.78, 5) is 50.8. The van der Waals surface area contributed by atoms with Crippen molar-refractivity contribution < 1.29 is 29.0 Å². The Labute approximate surface area is 132 Å². The Balaban J connectivity index is 1.49. The van der Waals surface area contributed by atoms with Crippen molar-refractivity contribution in [2.24, 2.45) is 11.8 Å². The first-order valence-electron chi connectivity index (χ1n) is 8.02. The summed E-state index contributed by atoms with van der Waals surface area (Å²) in [6.07, 6.45) is 2.17. The second-order valence-electron chi connectivity index (χ2n) is 6.69. The van der Waals surface area contributed by atoms with Crippen molar-refractivity contribution in [2.45, 2.75) is 43.9 Å². The first-order chi connectivity index (χ1) is 11.0. The van der Waals surface area contributed by atoms with E-state index in [0.29, 0.717) is 19.4 Å². The molecule has 4 rings (SSSR count). The molecule has 0 aromatic rings. The molecule has 8 nitrogen and oxygen atoms in total. The molecule has 5 atom stereocenters. The van der Waals surface area contributed by atoms with E-state index in [0.717, 1.165) is 17.7 Å². The Morgan fingerprint density at radius 2 is 1.70 bits per heavy atom. The van der Waals surface area contributed by atoms with Gasteiger partial charge in [-0.2, -0.15) is 0 Å². The predicted octanol–water partition coefficient (Wildman–Crippen LogP) is -0.776. The third-order valence-corrected chi connectivity index (χ3v) is 5.53. The first kappa shape index (κ1) is 14.6. The highest BCUT2D eigenvalue weighted by Crippen LogP contribution is 2.48. The van der Waals surface area contributed by atoms with Gasteiger partial charge in [0.15, 0.2) is 0 Å². The third kappa shape index (κ3) is 2.00. The van der Waals surface area contributed by atoms with Gasteiger partial charge < -0.3 is 14.7 Å². The van der Waals surface area contributed by atoms with Crippen LogP contribution in [0, 0.1) is 11.8 Å². The molecule has 1 N–H and O–H groups in total. The molecule has 4 heterocycles. The van der Waals surface area contributed by atoms with Gasteiger partial charge in [0, 0.05) is 6.54 Å². The van der Waals surface area contributed by atoms with Crippen LogP contribution < -0.4 is 0 Å². The number of carbonyl (C=O) groups is 4. The van der Waals surface area contributed by atoms with E-state index in [2.05, 4.69) is 0 Å². The number of likely N-dealkylation sites (tertiary alicyclic amines) is 2. The highest BCUT2D eigenvalue weighted by molar-refractivity contribution is 6.08. The van der Waals surface area contributed by atoms with Gasteiger partial charge >= 0.3 is 5.97 Å². The molecule has 8 heteroatoms. The molecule has 3 amide bonds. The summed E-state index contributed by atoms with van der Waals surface area (Å²) in [6.45, 7) is 0.00112. The zero-order chi connectivity index (χ0) is 16.3. The summed E-state index contributed by atoms with van der Waals surface area (Å²) in [6, 6.07) is -0.852. The summed E-state index contributed by atoms with van der Waals surface area (Å²) in [5.74, 6) is -3.10. The predicted molar refractivity (Wildman–Crippen MR) is 74.0 cm³/mol. The number of hydrogen-bond acceptors (Lipinski definition) is 5. The van der Waals surface area contributed by atoms with Crippen LogP contribution in [-0.4, -0.2) is 69.9 Å². The lowest BCUT2D eigenvalue weighted by Gasteiger charge is -2.24. The van der Waals surface area contributed by atoms with Crippen molar-refractivity contribution in [3.05, 3.63) is 0 Å². The average Bonchev–Trinajstić information content (AvgIpc) is 3.26. The van der Waals surface area contributed by atoms with E-state index in [9.17, 15) is 19.2 Å². The van der Waals surface area contributed by atoms with Gasteiger partial charge in [-0.1, -0.05) is 0 Å². The summed E-state index contributed by atoms with van der Waals surface area (Å²) in [7, 11) is 0. The number of amides is 3. The number of carboxylic acid groups (broad SMARTS) is 1. The Morgan fingerprint density at radius 1 is 1.09 bits per heavy atom. The molecular weight excluding hydrogens is 304 g/mol. The van der Waals surface area contributed by atoms with Gasteiger partial charge in [-0.3, -0.25) is 19.3 Å². The lowest BCUT2D eigenvalue weighted by molar-refractivity contribution is -0.152. The summed E-state index contributed by atoms with van der Waals surface area (Å²) < 4.78 is 5.64. The second-order valence-corrected chi connectivity index (χ2v) is 6.69.